The van der Waals surface area contributed by atoms with Crippen molar-refractivity contribution < 1.29 is 22.8 Å². The molecule has 0 spiro atoms. The number of hydrogen-bond donors (Lipinski definition) is 1. The molecule has 0 fully saturated rings. The van der Waals surface area contributed by atoms with Crippen LogP contribution in [0.15, 0.2) is 11.1 Å². The molecule has 2 rings (SSSR count). The van der Waals surface area contributed by atoms with E-state index in [2.05, 4.69) is 4.99 Å². The van der Waals surface area contributed by atoms with Crippen molar-refractivity contribution in [3.8, 4) is 0 Å². The van der Waals surface area contributed by atoms with Crippen LogP contribution in [0.3, 0.4) is 0 Å². The topological polar surface area (TPSA) is 41.8 Å². The molecule has 1 N–H and O–H groups in total. The lowest BCUT2D eigenvalue weighted by atomic mass is 9.77. The molecule has 0 radical (unpaired) electrons. The molecule has 7 heteroatoms. The normalized spacial score (nSPS) is 14.5. The second kappa shape index (κ2) is 3.27. The summed E-state index contributed by atoms with van der Waals surface area (Å²) in [6.45, 7) is 1.37. The third kappa shape index (κ3) is 1.48. The van der Waals surface area contributed by atoms with Gasteiger partial charge in [-0.25, -0.2) is 18.2 Å². The minimum absolute atomic E-state index is 0.0140. The maximum absolute atomic E-state index is 13.2. The van der Waals surface area contributed by atoms with E-state index < -0.39 is 30.3 Å². The summed E-state index contributed by atoms with van der Waals surface area (Å²) in [6, 6.07) is 0.661. The molecule has 0 aromatic heterocycles. The number of benzene rings is 1. The molecular weight excluding hydrogens is 210 g/mol. The highest BCUT2D eigenvalue weighted by molar-refractivity contribution is 6.64. The van der Waals surface area contributed by atoms with E-state index in [0.29, 0.717) is 6.07 Å². The van der Waals surface area contributed by atoms with Crippen molar-refractivity contribution in [1.29, 1.82) is 0 Å². The van der Waals surface area contributed by atoms with Gasteiger partial charge in [0.25, 0.3) is 0 Å². The number of aliphatic imine (C=N–C) groups is 1. The second-order valence-electron chi connectivity index (χ2n) is 3.03. The molecule has 0 saturated heterocycles. The zero-order valence-electron chi connectivity index (χ0n) is 7.59. The highest BCUT2D eigenvalue weighted by Gasteiger charge is 2.32. The molecule has 1 aromatic carbocycles. The van der Waals surface area contributed by atoms with E-state index >= 15 is 0 Å². The van der Waals surface area contributed by atoms with Crippen LogP contribution in [0.1, 0.15) is 6.92 Å². The Morgan fingerprint density at radius 1 is 1.33 bits per heavy atom. The quantitative estimate of drug-likeness (QED) is 0.515. The van der Waals surface area contributed by atoms with E-state index in [1.165, 1.54) is 6.92 Å². The smallest absolute Gasteiger partial charge is 0.522 e. The van der Waals surface area contributed by atoms with Crippen molar-refractivity contribution in [2.75, 3.05) is 0 Å². The molecule has 0 aliphatic carbocycles. The zero-order valence-corrected chi connectivity index (χ0v) is 7.59. The van der Waals surface area contributed by atoms with Crippen LogP contribution >= 0.6 is 0 Å². The lowest BCUT2D eigenvalue weighted by Crippen LogP contribution is -2.39. The Morgan fingerprint density at radius 2 is 2.00 bits per heavy atom. The van der Waals surface area contributed by atoms with Crippen LogP contribution in [-0.2, 0) is 4.65 Å². The monoisotopic (exact) mass is 215 g/mol. The SMILES string of the molecule is CC1=Nc2c(cc(F)c(F)c2F)B(O)O1. The van der Waals surface area contributed by atoms with Gasteiger partial charge in [-0.3, -0.25) is 0 Å². The average molecular weight is 215 g/mol. The van der Waals surface area contributed by atoms with Crippen LogP contribution in [0.5, 0.6) is 0 Å². The standard InChI is InChI=1S/C8H5BF3NO2/c1-3-13-8-4(9(14)15-3)2-5(10)6(11)7(8)12/h2,14H,1H3. The summed E-state index contributed by atoms with van der Waals surface area (Å²) in [6.07, 6.45) is 0. The summed E-state index contributed by atoms with van der Waals surface area (Å²) in [5.74, 6) is -4.44. The Bertz CT molecular complexity index is 464. The van der Waals surface area contributed by atoms with Crippen LogP contribution in [0.2, 0.25) is 0 Å². The van der Waals surface area contributed by atoms with Crippen molar-refractivity contribution >= 4 is 24.2 Å². The first-order valence-electron chi connectivity index (χ1n) is 4.08. The van der Waals surface area contributed by atoms with Crippen molar-refractivity contribution in [3.05, 3.63) is 23.5 Å². The molecule has 78 valence electrons. The molecule has 1 aliphatic rings. The number of hydrogen-bond acceptors (Lipinski definition) is 3. The fraction of sp³-hybridized carbons (Fsp3) is 0.125. The molecule has 0 amide bonds. The molecular formula is C8H5BF3NO2. The predicted molar refractivity (Wildman–Crippen MR) is 47.8 cm³/mol. The zero-order chi connectivity index (χ0) is 11.2. The molecule has 1 heterocycles. The highest BCUT2D eigenvalue weighted by Crippen LogP contribution is 2.23. The summed E-state index contributed by atoms with van der Waals surface area (Å²) in [5.41, 5.74) is -0.651. The van der Waals surface area contributed by atoms with Gasteiger partial charge in [-0.15, -0.1) is 0 Å². The van der Waals surface area contributed by atoms with Crippen molar-refractivity contribution in [2.24, 2.45) is 4.99 Å². The van der Waals surface area contributed by atoms with Crippen molar-refractivity contribution in [3.63, 3.8) is 0 Å². The lowest BCUT2D eigenvalue weighted by molar-refractivity contribution is 0.415. The van der Waals surface area contributed by atoms with Gasteiger partial charge in [0.15, 0.2) is 23.3 Å². The predicted octanol–water partition coefficient (Wildman–Crippen LogP) is 0.871. The molecule has 0 saturated carbocycles. The first-order chi connectivity index (χ1) is 7.00. The van der Waals surface area contributed by atoms with Gasteiger partial charge in [-0.05, 0) is 6.07 Å². The highest BCUT2D eigenvalue weighted by atomic mass is 19.2. The summed E-state index contributed by atoms with van der Waals surface area (Å²) >= 11 is 0. The van der Waals surface area contributed by atoms with E-state index in [1.54, 1.807) is 0 Å². The van der Waals surface area contributed by atoms with Crippen LogP contribution < -0.4 is 5.46 Å². The summed E-state index contributed by atoms with van der Waals surface area (Å²) in [4.78, 5) is 3.55. The van der Waals surface area contributed by atoms with Gasteiger partial charge < -0.3 is 9.68 Å². The molecule has 0 bridgehead atoms. The number of halogens is 3. The van der Waals surface area contributed by atoms with E-state index in [9.17, 15) is 18.2 Å². The maximum Gasteiger partial charge on any atom is 0.563 e. The number of fused-ring (bicyclic) bond motifs is 1. The number of rotatable bonds is 0. The second-order valence-corrected chi connectivity index (χ2v) is 3.03. The third-order valence-electron chi connectivity index (χ3n) is 1.98. The van der Waals surface area contributed by atoms with E-state index in [0.717, 1.165) is 0 Å². The van der Waals surface area contributed by atoms with Gasteiger partial charge in [0.05, 0.1) is 0 Å². The van der Waals surface area contributed by atoms with E-state index in [-0.39, 0.29) is 11.4 Å². The Hall–Kier alpha value is -1.50. The first kappa shape index (κ1) is 10.0. The van der Waals surface area contributed by atoms with E-state index in [1.807, 2.05) is 0 Å². The Balaban J connectivity index is 2.72. The Kier molecular flexibility index (Phi) is 2.19. The molecule has 3 nitrogen and oxygen atoms in total. The Morgan fingerprint density at radius 3 is 2.67 bits per heavy atom. The molecule has 1 aromatic rings. The van der Waals surface area contributed by atoms with Gasteiger partial charge in [0.2, 0.25) is 0 Å². The average Bonchev–Trinajstić information content (AvgIpc) is 2.17. The summed E-state index contributed by atoms with van der Waals surface area (Å²) in [7, 11) is -1.53. The molecule has 0 unspecified atom stereocenters. The van der Waals surface area contributed by atoms with Crippen molar-refractivity contribution in [1.82, 2.24) is 0 Å². The van der Waals surface area contributed by atoms with Gasteiger partial charge >= 0.3 is 7.12 Å². The molecule has 1 aliphatic heterocycles. The fourth-order valence-electron chi connectivity index (χ4n) is 1.31. The number of nitrogens with zero attached hydrogens (tertiary/aromatic N) is 1. The van der Waals surface area contributed by atoms with Gasteiger partial charge in [0.1, 0.15) is 5.69 Å². The minimum Gasteiger partial charge on any atom is -0.522 e. The first-order valence-corrected chi connectivity index (χ1v) is 4.08. The van der Waals surface area contributed by atoms with Crippen LogP contribution in [0.25, 0.3) is 0 Å². The summed E-state index contributed by atoms with van der Waals surface area (Å²) in [5, 5.41) is 9.31. The lowest BCUT2D eigenvalue weighted by Gasteiger charge is -2.17. The van der Waals surface area contributed by atoms with E-state index in [4.69, 9.17) is 4.65 Å². The molecule has 0 atom stereocenters. The van der Waals surface area contributed by atoms with Gasteiger partial charge in [0, 0.05) is 12.4 Å². The third-order valence-corrected chi connectivity index (χ3v) is 1.98. The minimum atomic E-state index is -1.61. The Labute approximate surface area is 83.3 Å². The van der Waals surface area contributed by atoms with Crippen molar-refractivity contribution in [2.45, 2.75) is 6.92 Å². The van der Waals surface area contributed by atoms with Gasteiger partial charge in [-0.1, -0.05) is 0 Å². The van der Waals surface area contributed by atoms with Gasteiger partial charge in [-0.2, -0.15) is 0 Å². The van der Waals surface area contributed by atoms with Crippen LogP contribution in [-0.4, -0.2) is 18.0 Å². The van der Waals surface area contributed by atoms with Crippen LogP contribution in [0.4, 0.5) is 18.9 Å². The summed E-state index contributed by atoms with van der Waals surface area (Å²) < 4.78 is 43.6. The van der Waals surface area contributed by atoms with Crippen LogP contribution in [0, 0.1) is 17.5 Å². The largest absolute Gasteiger partial charge is 0.563 e. The molecule has 15 heavy (non-hydrogen) atoms. The maximum atomic E-state index is 13.2. The fourth-order valence-corrected chi connectivity index (χ4v) is 1.31.